The normalized spacial score (nSPS) is 32.0. The van der Waals surface area contributed by atoms with Gasteiger partial charge in [-0.1, -0.05) is 6.92 Å². The van der Waals surface area contributed by atoms with Gasteiger partial charge in [-0.2, -0.15) is 0 Å². The molecule has 2 aliphatic rings. The molecule has 6 N–H and O–H groups in total. The number of pyridine rings is 1. The van der Waals surface area contributed by atoms with Gasteiger partial charge >= 0.3 is 0 Å². The first-order valence-corrected chi connectivity index (χ1v) is 9.61. The number of nitrogens with one attached hydrogen (secondary N) is 2. The van der Waals surface area contributed by atoms with Crippen LogP contribution in [0.2, 0.25) is 0 Å². The van der Waals surface area contributed by atoms with Crippen LogP contribution >= 0.6 is 0 Å². The Morgan fingerprint density at radius 1 is 1.12 bits per heavy atom. The van der Waals surface area contributed by atoms with Crippen molar-refractivity contribution in [3.8, 4) is 0 Å². The molecule has 1 heterocycles. The summed E-state index contributed by atoms with van der Waals surface area (Å²) in [4.78, 5) is 16.1. The lowest BCUT2D eigenvalue weighted by atomic mass is 9.84. The predicted octanol–water partition coefficient (Wildman–Crippen LogP) is 1.86. The van der Waals surface area contributed by atoms with Gasteiger partial charge in [-0.3, -0.25) is 4.79 Å². The SMILES string of the molecule is C[C@@H]1CC[C@@H](Nc2cc(NC3CCC(O)CC3)ncc2C(N)=O)C[C@H]1O. The van der Waals surface area contributed by atoms with Crippen LogP contribution in [0.4, 0.5) is 11.5 Å². The second-order valence-corrected chi connectivity index (χ2v) is 7.83. The molecule has 7 nitrogen and oxygen atoms in total. The van der Waals surface area contributed by atoms with Crippen molar-refractivity contribution in [2.24, 2.45) is 11.7 Å². The van der Waals surface area contributed by atoms with Crippen molar-refractivity contribution in [1.29, 1.82) is 0 Å². The number of rotatable bonds is 5. The van der Waals surface area contributed by atoms with Crippen LogP contribution in [0.1, 0.15) is 62.2 Å². The van der Waals surface area contributed by atoms with Gasteiger partial charge in [0.1, 0.15) is 5.82 Å². The summed E-state index contributed by atoms with van der Waals surface area (Å²) in [5, 5.41) is 26.5. The van der Waals surface area contributed by atoms with Gasteiger partial charge in [0.15, 0.2) is 0 Å². The van der Waals surface area contributed by atoms with Crippen molar-refractivity contribution < 1.29 is 15.0 Å². The Morgan fingerprint density at radius 3 is 2.46 bits per heavy atom. The van der Waals surface area contributed by atoms with E-state index < -0.39 is 5.91 Å². The van der Waals surface area contributed by atoms with E-state index in [-0.39, 0.29) is 24.3 Å². The maximum atomic E-state index is 11.8. The lowest BCUT2D eigenvalue weighted by Gasteiger charge is -2.32. The van der Waals surface area contributed by atoms with E-state index in [0.29, 0.717) is 29.4 Å². The number of nitrogens with zero attached hydrogens (tertiary/aromatic N) is 1. The molecule has 0 unspecified atom stereocenters. The van der Waals surface area contributed by atoms with Crippen LogP contribution in [0.15, 0.2) is 12.3 Å². The zero-order valence-corrected chi connectivity index (χ0v) is 15.3. The molecule has 2 aliphatic carbocycles. The largest absolute Gasteiger partial charge is 0.393 e. The molecule has 144 valence electrons. The van der Waals surface area contributed by atoms with Crippen molar-refractivity contribution in [3.63, 3.8) is 0 Å². The number of hydrogen-bond acceptors (Lipinski definition) is 6. The Morgan fingerprint density at radius 2 is 1.81 bits per heavy atom. The Labute approximate surface area is 154 Å². The summed E-state index contributed by atoms with van der Waals surface area (Å²) in [7, 11) is 0. The first-order valence-electron chi connectivity index (χ1n) is 9.61. The first-order chi connectivity index (χ1) is 12.4. The summed E-state index contributed by atoms with van der Waals surface area (Å²) in [5.74, 6) is 0.487. The molecule has 1 aromatic rings. The molecule has 0 bridgehead atoms. The van der Waals surface area contributed by atoms with E-state index in [1.165, 1.54) is 6.20 Å². The molecular formula is C19H30N4O3. The van der Waals surface area contributed by atoms with Gasteiger partial charge in [-0.15, -0.1) is 0 Å². The summed E-state index contributed by atoms with van der Waals surface area (Å²) in [6.45, 7) is 2.06. The molecule has 1 amide bonds. The second kappa shape index (κ2) is 8.22. The molecule has 2 saturated carbocycles. The average Bonchev–Trinajstić information content (AvgIpc) is 2.60. The number of anilines is 2. The van der Waals surface area contributed by atoms with Gasteiger partial charge in [-0.05, 0) is 50.9 Å². The molecule has 26 heavy (non-hydrogen) atoms. The third-order valence-electron chi connectivity index (χ3n) is 5.73. The molecule has 0 spiro atoms. The number of aliphatic hydroxyl groups is 2. The van der Waals surface area contributed by atoms with E-state index in [1.54, 1.807) is 0 Å². The van der Waals surface area contributed by atoms with Crippen LogP contribution in [0, 0.1) is 5.92 Å². The second-order valence-electron chi connectivity index (χ2n) is 7.83. The highest BCUT2D eigenvalue weighted by Crippen LogP contribution is 2.29. The zero-order chi connectivity index (χ0) is 18.7. The van der Waals surface area contributed by atoms with E-state index in [9.17, 15) is 15.0 Å². The smallest absolute Gasteiger partial charge is 0.252 e. The molecule has 7 heteroatoms. The molecule has 1 aromatic heterocycles. The van der Waals surface area contributed by atoms with Crippen molar-refractivity contribution in [3.05, 3.63) is 17.8 Å². The van der Waals surface area contributed by atoms with Crippen LogP contribution < -0.4 is 16.4 Å². The number of aromatic nitrogens is 1. The van der Waals surface area contributed by atoms with Crippen LogP contribution in [-0.2, 0) is 0 Å². The van der Waals surface area contributed by atoms with E-state index >= 15 is 0 Å². The number of carbonyl (C=O) groups is 1. The van der Waals surface area contributed by atoms with Crippen molar-refractivity contribution in [2.45, 2.75) is 76.2 Å². The number of amides is 1. The zero-order valence-electron chi connectivity index (χ0n) is 15.3. The summed E-state index contributed by atoms with van der Waals surface area (Å²) in [5.41, 5.74) is 6.53. The van der Waals surface area contributed by atoms with E-state index in [1.807, 2.05) is 6.07 Å². The van der Waals surface area contributed by atoms with Crippen LogP contribution in [-0.4, -0.2) is 45.4 Å². The highest BCUT2D eigenvalue weighted by Gasteiger charge is 2.27. The van der Waals surface area contributed by atoms with Gasteiger partial charge in [0.05, 0.1) is 23.5 Å². The highest BCUT2D eigenvalue weighted by atomic mass is 16.3. The third-order valence-corrected chi connectivity index (χ3v) is 5.73. The fraction of sp³-hybridized carbons (Fsp3) is 0.684. The minimum Gasteiger partial charge on any atom is -0.393 e. The van der Waals surface area contributed by atoms with Crippen molar-refractivity contribution in [1.82, 2.24) is 4.98 Å². The lowest BCUT2D eigenvalue weighted by Crippen LogP contribution is -2.35. The number of carbonyl (C=O) groups excluding carboxylic acids is 1. The number of nitrogens with two attached hydrogens (primary N) is 1. The van der Waals surface area contributed by atoms with Crippen LogP contribution in [0.5, 0.6) is 0 Å². The summed E-state index contributed by atoms with van der Waals surface area (Å²) >= 11 is 0. The topological polar surface area (TPSA) is 121 Å². The Kier molecular flexibility index (Phi) is 5.98. The Hall–Kier alpha value is -1.86. The molecule has 0 radical (unpaired) electrons. The fourth-order valence-electron chi connectivity index (χ4n) is 3.93. The predicted molar refractivity (Wildman–Crippen MR) is 101 cm³/mol. The molecule has 0 aromatic carbocycles. The average molecular weight is 362 g/mol. The van der Waals surface area contributed by atoms with Gasteiger partial charge in [0, 0.05) is 24.3 Å². The van der Waals surface area contributed by atoms with Crippen LogP contribution in [0.3, 0.4) is 0 Å². The van der Waals surface area contributed by atoms with Crippen LogP contribution in [0.25, 0.3) is 0 Å². The van der Waals surface area contributed by atoms with Crippen molar-refractivity contribution >= 4 is 17.4 Å². The molecule has 2 fully saturated rings. The monoisotopic (exact) mass is 362 g/mol. The van der Waals surface area contributed by atoms with Gasteiger partial charge < -0.3 is 26.6 Å². The fourth-order valence-corrected chi connectivity index (χ4v) is 3.93. The molecule has 3 atom stereocenters. The van der Waals surface area contributed by atoms with Gasteiger partial charge in [0.25, 0.3) is 5.91 Å². The van der Waals surface area contributed by atoms with E-state index in [2.05, 4.69) is 22.5 Å². The standard InChI is InChI=1S/C19H30N4O3/c1-11-2-3-13(8-17(11)25)22-16-9-18(21-10-15(16)19(20)26)23-12-4-6-14(24)7-5-12/h9-14,17,24-25H,2-8H2,1H3,(H2,20,26)(H2,21,22,23)/t11-,12?,13-,14?,17-/m1/s1. The third kappa shape index (κ3) is 4.65. The molecular weight excluding hydrogens is 332 g/mol. The summed E-state index contributed by atoms with van der Waals surface area (Å²) in [6.07, 6.45) is 6.92. The Balaban J connectivity index is 1.71. The van der Waals surface area contributed by atoms with E-state index in [4.69, 9.17) is 5.73 Å². The number of aliphatic hydroxyl groups excluding tert-OH is 2. The summed E-state index contributed by atoms with van der Waals surface area (Å²) in [6, 6.07) is 2.21. The number of hydrogen-bond donors (Lipinski definition) is 5. The molecule has 3 rings (SSSR count). The van der Waals surface area contributed by atoms with Gasteiger partial charge in [0.2, 0.25) is 0 Å². The lowest BCUT2D eigenvalue weighted by molar-refractivity contribution is 0.0740. The van der Waals surface area contributed by atoms with E-state index in [0.717, 1.165) is 38.5 Å². The molecule has 0 saturated heterocycles. The maximum absolute atomic E-state index is 11.8. The quantitative estimate of drug-likeness (QED) is 0.545. The Bertz CT molecular complexity index is 631. The maximum Gasteiger partial charge on any atom is 0.252 e. The molecule has 0 aliphatic heterocycles. The summed E-state index contributed by atoms with van der Waals surface area (Å²) < 4.78 is 0. The van der Waals surface area contributed by atoms with Gasteiger partial charge in [-0.25, -0.2) is 4.98 Å². The van der Waals surface area contributed by atoms with Crippen molar-refractivity contribution in [2.75, 3.05) is 10.6 Å². The number of primary amides is 1. The highest BCUT2D eigenvalue weighted by molar-refractivity contribution is 5.98. The first kappa shape index (κ1) is 18.9. The minimum absolute atomic E-state index is 0.111. The minimum atomic E-state index is -0.517.